The Balaban J connectivity index is 0.000000167. The van der Waals surface area contributed by atoms with Crippen LogP contribution >= 0.6 is 23.1 Å². The molecule has 5 heteroatoms. The van der Waals surface area contributed by atoms with Crippen molar-refractivity contribution >= 4 is 23.1 Å². The molecule has 3 nitrogen and oxygen atoms in total. The van der Waals surface area contributed by atoms with Gasteiger partial charge < -0.3 is 4.74 Å². The van der Waals surface area contributed by atoms with Gasteiger partial charge in [-0.05, 0) is 78.0 Å². The highest BCUT2D eigenvalue weighted by Gasteiger charge is 2.08. The van der Waals surface area contributed by atoms with Gasteiger partial charge in [-0.2, -0.15) is 28.2 Å². The van der Waals surface area contributed by atoms with Gasteiger partial charge in [0.05, 0.1) is 6.20 Å². The van der Waals surface area contributed by atoms with Gasteiger partial charge in [-0.3, -0.25) is 4.68 Å². The summed E-state index contributed by atoms with van der Waals surface area (Å²) in [5, 5.41) is 8.14. The fourth-order valence-corrected chi connectivity index (χ4v) is 4.15. The van der Waals surface area contributed by atoms with E-state index in [0.29, 0.717) is 0 Å². The number of ether oxygens (including phenoxy) is 1. The Kier molecular flexibility index (Phi) is 12.0. The molecule has 2 atom stereocenters. The summed E-state index contributed by atoms with van der Waals surface area (Å²) in [5.41, 5.74) is 2.57. The SMILES string of the molecule is CC1CCOC1.CC1CCSC1.Cc1ccsc1.Cc1cnn(C)c1. The third kappa shape index (κ3) is 12.2. The Hall–Kier alpha value is -0.780. The first-order valence-corrected chi connectivity index (χ1v) is 11.2. The number of aromatic nitrogens is 2. The van der Waals surface area contributed by atoms with Crippen LogP contribution in [-0.4, -0.2) is 34.5 Å². The Labute approximate surface area is 162 Å². The molecule has 25 heavy (non-hydrogen) atoms. The van der Waals surface area contributed by atoms with Gasteiger partial charge in [0.2, 0.25) is 0 Å². The molecule has 0 spiro atoms. The molecule has 142 valence electrons. The molecule has 2 aromatic rings. The van der Waals surface area contributed by atoms with Crippen LogP contribution in [0.1, 0.15) is 37.8 Å². The summed E-state index contributed by atoms with van der Waals surface area (Å²) in [6, 6.07) is 2.10. The van der Waals surface area contributed by atoms with Crippen LogP contribution in [0.2, 0.25) is 0 Å². The van der Waals surface area contributed by atoms with E-state index < -0.39 is 0 Å². The van der Waals surface area contributed by atoms with Crippen LogP contribution in [0.3, 0.4) is 0 Å². The van der Waals surface area contributed by atoms with E-state index in [2.05, 4.69) is 54.5 Å². The zero-order chi connectivity index (χ0) is 18.5. The van der Waals surface area contributed by atoms with Crippen LogP contribution in [0.4, 0.5) is 0 Å². The monoisotopic (exact) mass is 382 g/mol. The smallest absolute Gasteiger partial charge is 0.0518 e. The fourth-order valence-electron chi connectivity index (χ4n) is 2.18. The molecule has 0 aromatic carbocycles. The number of hydrogen-bond acceptors (Lipinski definition) is 4. The lowest BCUT2D eigenvalue weighted by atomic mass is 10.2. The summed E-state index contributed by atoms with van der Waals surface area (Å²) < 4.78 is 6.84. The first kappa shape index (κ1) is 22.3. The van der Waals surface area contributed by atoms with Gasteiger partial charge in [0.15, 0.2) is 0 Å². The number of aryl methyl sites for hydroxylation is 3. The highest BCUT2D eigenvalue weighted by atomic mass is 32.2. The molecule has 0 aliphatic carbocycles. The van der Waals surface area contributed by atoms with Gasteiger partial charge in [0, 0.05) is 26.5 Å². The van der Waals surface area contributed by atoms with Crippen LogP contribution in [0.15, 0.2) is 29.2 Å². The van der Waals surface area contributed by atoms with E-state index in [1.54, 1.807) is 16.0 Å². The van der Waals surface area contributed by atoms with Gasteiger partial charge in [-0.15, -0.1) is 0 Å². The third-order valence-electron chi connectivity index (χ3n) is 3.81. The van der Waals surface area contributed by atoms with Gasteiger partial charge in [0.25, 0.3) is 0 Å². The van der Waals surface area contributed by atoms with E-state index in [4.69, 9.17) is 4.74 Å². The van der Waals surface area contributed by atoms with Gasteiger partial charge in [0.1, 0.15) is 0 Å². The quantitative estimate of drug-likeness (QED) is 0.594. The standard InChI is InChI=1S/C5H8N2.C5H10O.C5H10S.C5H6S/c1-5-3-6-7(2)4-5;3*1-5-2-3-6-4-5/h3-4H,1-2H3;2*5H,2-4H2,1H3;2-4H,1H3. The van der Waals surface area contributed by atoms with Crippen molar-refractivity contribution in [3.05, 3.63) is 40.3 Å². The zero-order valence-corrected chi connectivity index (χ0v) is 18.0. The minimum atomic E-state index is 0.824. The van der Waals surface area contributed by atoms with Crippen molar-refractivity contribution < 1.29 is 4.74 Å². The lowest BCUT2D eigenvalue weighted by molar-refractivity contribution is 0.188. The number of nitrogens with zero attached hydrogens (tertiary/aromatic N) is 2. The largest absolute Gasteiger partial charge is 0.381 e. The van der Waals surface area contributed by atoms with Crippen molar-refractivity contribution in [2.45, 2.75) is 40.5 Å². The Morgan fingerprint density at radius 1 is 1.16 bits per heavy atom. The third-order valence-corrected chi connectivity index (χ3v) is 5.94. The molecule has 4 heterocycles. The van der Waals surface area contributed by atoms with Crippen LogP contribution in [0.25, 0.3) is 0 Å². The van der Waals surface area contributed by atoms with Crippen LogP contribution in [0, 0.1) is 25.7 Å². The lowest BCUT2D eigenvalue weighted by Crippen LogP contribution is -1.88. The molecule has 2 aromatic heterocycles. The average molecular weight is 383 g/mol. The van der Waals surface area contributed by atoms with Gasteiger partial charge in [-0.25, -0.2) is 0 Å². The van der Waals surface area contributed by atoms with Crippen molar-refractivity contribution in [3.63, 3.8) is 0 Å². The highest BCUT2D eigenvalue weighted by Crippen LogP contribution is 2.21. The Morgan fingerprint density at radius 2 is 1.96 bits per heavy atom. The first-order valence-electron chi connectivity index (χ1n) is 9.07. The minimum Gasteiger partial charge on any atom is -0.381 e. The van der Waals surface area contributed by atoms with E-state index in [1.165, 1.54) is 35.5 Å². The van der Waals surface area contributed by atoms with E-state index in [1.807, 2.05) is 26.4 Å². The second-order valence-corrected chi connectivity index (χ2v) is 8.86. The predicted molar refractivity (Wildman–Crippen MR) is 113 cm³/mol. The second kappa shape index (κ2) is 13.4. The molecular formula is C20H34N2OS2. The van der Waals surface area contributed by atoms with Crippen molar-refractivity contribution in [1.29, 1.82) is 0 Å². The topological polar surface area (TPSA) is 27.1 Å². The molecule has 0 amide bonds. The molecule has 2 aliphatic rings. The van der Waals surface area contributed by atoms with Crippen molar-refractivity contribution in [2.75, 3.05) is 24.7 Å². The molecule has 2 saturated heterocycles. The van der Waals surface area contributed by atoms with Gasteiger partial charge >= 0.3 is 0 Å². The first-order chi connectivity index (χ1) is 12.0. The molecule has 0 radical (unpaired) electrons. The van der Waals surface area contributed by atoms with Crippen LogP contribution < -0.4 is 0 Å². The maximum atomic E-state index is 5.06. The highest BCUT2D eigenvalue weighted by molar-refractivity contribution is 7.99. The van der Waals surface area contributed by atoms with E-state index >= 15 is 0 Å². The number of thiophene rings is 1. The molecule has 0 saturated carbocycles. The molecule has 2 unspecified atom stereocenters. The summed E-state index contributed by atoms with van der Waals surface area (Å²) in [5.74, 6) is 4.64. The summed E-state index contributed by atoms with van der Waals surface area (Å²) in [4.78, 5) is 0. The normalized spacial score (nSPS) is 21.3. The molecular weight excluding hydrogens is 348 g/mol. The fraction of sp³-hybridized carbons (Fsp3) is 0.650. The number of rotatable bonds is 0. The van der Waals surface area contributed by atoms with Crippen molar-refractivity contribution in [1.82, 2.24) is 9.78 Å². The Bertz CT molecular complexity index is 497. The number of hydrogen-bond donors (Lipinski definition) is 0. The minimum absolute atomic E-state index is 0.824. The number of thioether (sulfide) groups is 1. The molecule has 2 aliphatic heterocycles. The van der Waals surface area contributed by atoms with Crippen LogP contribution in [0.5, 0.6) is 0 Å². The summed E-state index contributed by atoms with van der Waals surface area (Å²) in [6.45, 7) is 10.6. The summed E-state index contributed by atoms with van der Waals surface area (Å²) >= 11 is 3.82. The zero-order valence-electron chi connectivity index (χ0n) is 16.4. The van der Waals surface area contributed by atoms with Gasteiger partial charge in [-0.1, -0.05) is 13.8 Å². The van der Waals surface area contributed by atoms with E-state index in [9.17, 15) is 0 Å². The van der Waals surface area contributed by atoms with E-state index in [0.717, 1.165) is 25.0 Å². The van der Waals surface area contributed by atoms with Crippen molar-refractivity contribution in [3.8, 4) is 0 Å². The lowest BCUT2D eigenvalue weighted by Gasteiger charge is -1.90. The summed E-state index contributed by atoms with van der Waals surface area (Å²) in [7, 11) is 1.91. The molecule has 0 bridgehead atoms. The summed E-state index contributed by atoms with van der Waals surface area (Å²) in [6.07, 6.45) is 6.52. The average Bonchev–Trinajstić information content (AvgIpc) is 3.34. The maximum absolute atomic E-state index is 5.06. The molecule has 4 rings (SSSR count). The molecule has 0 N–H and O–H groups in total. The van der Waals surface area contributed by atoms with E-state index in [-0.39, 0.29) is 0 Å². The second-order valence-electron chi connectivity index (χ2n) is 6.93. The maximum Gasteiger partial charge on any atom is 0.0518 e. The van der Waals surface area contributed by atoms with Crippen LogP contribution in [-0.2, 0) is 11.8 Å². The predicted octanol–water partition coefficient (Wildman–Crippen LogP) is 5.59. The molecule has 2 fully saturated rings. The Morgan fingerprint density at radius 3 is 2.12 bits per heavy atom. The van der Waals surface area contributed by atoms with Crippen molar-refractivity contribution in [2.24, 2.45) is 18.9 Å².